The van der Waals surface area contributed by atoms with Gasteiger partial charge in [0.05, 0.1) is 13.2 Å². The van der Waals surface area contributed by atoms with Gasteiger partial charge in [0.2, 0.25) is 0 Å². The lowest BCUT2D eigenvalue weighted by molar-refractivity contribution is 0.139. The summed E-state index contributed by atoms with van der Waals surface area (Å²) in [5.74, 6) is 1.36. The van der Waals surface area contributed by atoms with Crippen LogP contribution >= 0.6 is 0 Å². The predicted octanol–water partition coefficient (Wildman–Crippen LogP) is 1.29. The van der Waals surface area contributed by atoms with Gasteiger partial charge in [0, 0.05) is 5.92 Å². The first-order valence-electron chi connectivity index (χ1n) is 5.68. The zero-order valence-corrected chi connectivity index (χ0v) is 10.3. The summed E-state index contributed by atoms with van der Waals surface area (Å²) in [6.07, 6.45) is 2.30. The second-order valence-electron chi connectivity index (χ2n) is 4.51. The van der Waals surface area contributed by atoms with E-state index in [9.17, 15) is 0 Å². The Morgan fingerprint density at radius 2 is 2.00 bits per heavy atom. The van der Waals surface area contributed by atoms with Gasteiger partial charge in [0.25, 0.3) is 0 Å². The van der Waals surface area contributed by atoms with E-state index < -0.39 is 0 Å². The van der Waals surface area contributed by atoms with E-state index in [4.69, 9.17) is 9.83 Å². The van der Waals surface area contributed by atoms with Crippen LogP contribution in [0.3, 0.4) is 0 Å². The van der Waals surface area contributed by atoms with E-state index in [1.165, 1.54) is 0 Å². The van der Waals surface area contributed by atoms with Crippen LogP contribution in [-0.4, -0.2) is 44.0 Å². The van der Waals surface area contributed by atoms with Gasteiger partial charge in [-0.05, 0) is 33.0 Å². The number of hydrogen-bond acceptors (Lipinski definition) is 3. The quantitative estimate of drug-likeness (QED) is 0.436. The van der Waals surface area contributed by atoms with Gasteiger partial charge in [-0.15, -0.1) is 0 Å². The molecule has 0 saturated carbocycles. The van der Waals surface area contributed by atoms with Crippen molar-refractivity contribution in [1.29, 1.82) is 0 Å². The van der Waals surface area contributed by atoms with Gasteiger partial charge in [-0.3, -0.25) is 15.3 Å². The molecule has 1 aliphatic rings. The Morgan fingerprint density at radius 3 is 2.47 bits per heavy atom. The molecule has 1 saturated heterocycles. The molecule has 4 heteroatoms. The van der Waals surface area contributed by atoms with Crippen molar-refractivity contribution in [3.63, 3.8) is 0 Å². The maximum absolute atomic E-state index is 4.94. The SMILES string of the molecule is CONC(=NC1CCN(C)CC1)C(C)C. The fourth-order valence-electron chi connectivity index (χ4n) is 1.72. The average Bonchev–Trinajstić information content (AvgIpc) is 2.20. The maximum atomic E-state index is 4.94. The largest absolute Gasteiger partial charge is 0.306 e. The molecule has 0 amide bonds. The zero-order valence-electron chi connectivity index (χ0n) is 10.3. The third kappa shape index (κ3) is 4.18. The molecule has 4 nitrogen and oxygen atoms in total. The van der Waals surface area contributed by atoms with Gasteiger partial charge < -0.3 is 4.90 Å². The van der Waals surface area contributed by atoms with E-state index in [0.29, 0.717) is 12.0 Å². The standard InChI is InChI=1S/C11H23N3O/c1-9(2)11(13-15-4)12-10-5-7-14(3)8-6-10/h9-10H,5-8H2,1-4H3,(H,12,13). The molecule has 1 fully saturated rings. The molecule has 88 valence electrons. The van der Waals surface area contributed by atoms with Crippen LogP contribution in [0.1, 0.15) is 26.7 Å². The van der Waals surface area contributed by atoms with Crippen LogP contribution in [-0.2, 0) is 4.84 Å². The fraction of sp³-hybridized carbons (Fsp3) is 0.909. The van der Waals surface area contributed by atoms with E-state index in [0.717, 1.165) is 31.8 Å². The number of nitrogens with zero attached hydrogens (tertiary/aromatic N) is 2. The topological polar surface area (TPSA) is 36.9 Å². The van der Waals surface area contributed by atoms with Gasteiger partial charge in [-0.2, -0.15) is 0 Å². The highest BCUT2D eigenvalue weighted by Crippen LogP contribution is 2.13. The van der Waals surface area contributed by atoms with Crippen molar-refractivity contribution in [1.82, 2.24) is 10.4 Å². The van der Waals surface area contributed by atoms with Crippen molar-refractivity contribution in [3.8, 4) is 0 Å². The van der Waals surface area contributed by atoms with Crippen molar-refractivity contribution < 1.29 is 4.84 Å². The normalized spacial score (nSPS) is 21.0. The minimum Gasteiger partial charge on any atom is -0.306 e. The molecule has 0 aromatic heterocycles. The molecule has 1 rings (SSSR count). The predicted molar refractivity (Wildman–Crippen MR) is 62.9 cm³/mol. The molecule has 0 bridgehead atoms. The van der Waals surface area contributed by atoms with Crippen molar-refractivity contribution in [2.24, 2.45) is 10.9 Å². The second-order valence-corrected chi connectivity index (χ2v) is 4.51. The summed E-state index contributed by atoms with van der Waals surface area (Å²) < 4.78 is 0. The molecule has 1 aliphatic heterocycles. The number of piperidine rings is 1. The second kappa shape index (κ2) is 6.08. The Labute approximate surface area is 92.7 Å². The van der Waals surface area contributed by atoms with Crippen LogP contribution in [0, 0.1) is 5.92 Å². The fourth-order valence-corrected chi connectivity index (χ4v) is 1.72. The van der Waals surface area contributed by atoms with Crippen molar-refractivity contribution >= 4 is 5.84 Å². The molecular formula is C11H23N3O. The molecule has 1 N–H and O–H groups in total. The highest BCUT2D eigenvalue weighted by Gasteiger charge is 2.17. The van der Waals surface area contributed by atoms with Gasteiger partial charge in [-0.1, -0.05) is 13.8 Å². The van der Waals surface area contributed by atoms with Crippen LogP contribution in [0.15, 0.2) is 4.99 Å². The lowest BCUT2D eigenvalue weighted by Gasteiger charge is -2.27. The average molecular weight is 213 g/mol. The minimum atomic E-state index is 0.393. The van der Waals surface area contributed by atoms with Gasteiger partial charge >= 0.3 is 0 Å². The van der Waals surface area contributed by atoms with Crippen molar-refractivity contribution in [2.45, 2.75) is 32.7 Å². The smallest absolute Gasteiger partial charge is 0.123 e. The minimum absolute atomic E-state index is 0.393. The Hall–Kier alpha value is -0.610. The molecule has 1 heterocycles. The Bertz CT molecular complexity index is 208. The first kappa shape index (κ1) is 12.5. The summed E-state index contributed by atoms with van der Waals surface area (Å²) in [6.45, 7) is 6.54. The van der Waals surface area contributed by atoms with E-state index in [2.05, 4.69) is 31.3 Å². The number of nitrogens with one attached hydrogen (secondary N) is 1. The highest BCUT2D eigenvalue weighted by molar-refractivity contribution is 5.83. The van der Waals surface area contributed by atoms with Crippen LogP contribution in [0.25, 0.3) is 0 Å². The molecular weight excluding hydrogens is 190 g/mol. The molecule has 0 aliphatic carbocycles. The van der Waals surface area contributed by atoms with Gasteiger partial charge in [-0.25, -0.2) is 0 Å². The van der Waals surface area contributed by atoms with Crippen LogP contribution < -0.4 is 5.48 Å². The summed E-state index contributed by atoms with van der Waals surface area (Å²) >= 11 is 0. The van der Waals surface area contributed by atoms with Crippen molar-refractivity contribution in [3.05, 3.63) is 0 Å². The number of hydroxylamine groups is 1. The van der Waals surface area contributed by atoms with E-state index >= 15 is 0 Å². The van der Waals surface area contributed by atoms with E-state index in [1.54, 1.807) is 7.11 Å². The lowest BCUT2D eigenvalue weighted by atomic mass is 10.1. The third-order valence-electron chi connectivity index (χ3n) is 2.76. The number of aliphatic imine (C=N–C) groups is 1. The van der Waals surface area contributed by atoms with Crippen LogP contribution in [0.5, 0.6) is 0 Å². The lowest BCUT2D eigenvalue weighted by Crippen LogP contribution is -2.35. The highest BCUT2D eigenvalue weighted by atomic mass is 16.6. The molecule has 0 aromatic rings. The van der Waals surface area contributed by atoms with Gasteiger partial charge in [0.15, 0.2) is 0 Å². The van der Waals surface area contributed by atoms with Crippen LogP contribution in [0.2, 0.25) is 0 Å². The van der Waals surface area contributed by atoms with Crippen LogP contribution in [0.4, 0.5) is 0 Å². The van der Waals surface area contributed by atoms with Gasteiger partial charge in [0.1, 0.15) is 5.84 Å². The molecule has 0 unspecified atom stereocenters. The third-order valence-corrected chi connectivity index (χ3v) is 2.76. The maximum Gasteiger partial charge on any atom is 0.123 e. The number of likely N-dealkylation sites (tertiary alicyclic amines) is 1. The molecule has 0 spiro atoms. The number of amidine groups is 1. The molecule has 0 aromatic carbocycles. The Morgan fingerprint density at radius 1 is 1.40 bits per heavy atom. The Kier molecular flexibility index (Phi) is 5.05. The molecule has 0 radical (unpaired) electrons. The molecule has 15 heavy (non-hydrogen) atoms. The molecule has 0 atom stereocenters. The monoisotopic (exact) mass is 213 g/mol. The number of hydrogen-bond donors (Lipinski definition) is 1. The summed E-state index contributed by atoms with van der Waals surface area (Å²) in [4.78, 5) is 12.0. The Balaban J connectivity index is 2.50. The summed E-state index contributed by atoms with van der Waals surface area (Å²) in [5, 5.41) is 0. The summed E-state index contributed by atoms with van der Waals surface area (Å²) in [6, 6.07) is 0.459. The first-order chi connectivity index (χ1) is 7.13. The van der Waals surface area contributed by atoms with Crippen molar-refractivity contribution in [2.75, 3.05) is 27.2 Å². The zero-order chi connectivity index (χ0) is 11.3. The van der Waals surface area contributed by atoms with E-state index in [1.807, 2.05) is 0 Å². The van der Waals surface area contributed by atoms with E-state index in [-0.39, 0.29) is 0 Å². The summed E-state index contributed by atoms with van der Waals surface area (Å²) in [7, 11) is 3.79. The first-order valence-corrected chi connectivity index (χ1v) is 5.68. The number of rotatable bonds is 3. The summed E-state index contributed by atoms with van der Waals surface area (Å²) in [5.41, 5.74) is 2.88.